The van der Waals surface area contributed by atoms with Gasteiger partial charge < -0.3 is 4.74 Å². The fourth-order valence-corrected chi connectivity index (χ4v) is 1.39. The van der Waals surface area contributed by atoms with Crippen molar-refractivity contribution < 1.29 is 14.3 Å². The molecule has 0 aliphatic carbocycles. The van der Waals surface area contributed by atoms with E-state index >= 15 is 0 Å². The van der Waals surface area contributed by atoms with E-state index in [1.807, 2.05) is 0 Å². The standard InChI is InChI=1S/C12H8O3/c1-2-3-4-8-5-6-9-10(7-8)12(14)15-11(9)13/h2-7H,1H2. The van der Waals surface area contributed by atoms with E-state index < -0.39 is 11.9 Å². The SMILES string of the molecule is C=CC=Cc1ccc2c(c1)C(=O)OC2=O. The Balaban J connectivity index is 2.47. The molecule has 0 radical (unpaired) electrons. The molecule has 1 aliphatic heterocycles. The molecule has 15 heavy (non-hydrogen) atoms. The maximum atomic E-state index is 11.2. The minimum absolute atomic E-state index is 0.325. The van der Waals surface area contributed by atoms with Gasteiger partial charge in [-0.2, -0.15) is 0 Å². The van der Waals surface area contributed by atoms with Gasteiger partial charge in [0.05, 0.1) is 11.1 Å². The quantitative estimate of drug-likeness (QED) is 0.417. The van der Waals surface area contributed by atoms with Gasteiger partial charge in [0.15, 0.2) is 0 Å². The van der Waals surface area contributed by atoms with E-state index in [9.17, 15) is 9.59 Å². The Hall–Kier alpha value is -2.16. The number of carbonyl (C=O) groups excluding carboxylic acids is 2. The molecule has 2 rings (SSSR count). The van der Waals surface area contributed by atoms with E-state index in [1.54, 1.807) is 36.4 Å². The molecule has 74 valence electrons. The first-order valence-electron chi connectivity index (χ1n) is 4.42. The molecule has 0 saturated heterocycles. The number of cyclic esters (lactones) is 2. The van der Waals surface area contributed by atoms with Crippen molar-refractivity contribution in [1.82, 2.24) is 0 Å². The highest BCUT2D eigenvalue weighted by Gasteiger charge is 2.29. The number of esters is 2. The largest absolute Gasteiger partial charge is 0.386 e. The molecule has 3 nitrogen and oxygen atoms in total. The molecule has 0 saturated carbocycles. The third-order valence-electron chi connectivity index (χ3n) is 2.09. The first-order valence-corrected chi connectivity index (χ1v) is 4.42. The van der Waals surface area contributed by atoms with Crippen LogP contribution < -0.4 is 0 Å². The van der Waals surface area contributed by atoms with Crippen molar-refractivity contribution in [3.05, 3.63) is 53.6 Å². The zero-order chi connectivity index (χ0) is 10.8. The summed E-state index contributed by atoms with van der Waals surface area (Å²) >= 11 is 0. The second-order valence-corrected chi connectivity index (χ2v) is 3.08. The minimum Gasteiger partial charge on any atom is -0.386 e. The number of fused-ring (bicyclic) bond motifs is 1. The van der Waals surface area contributed by atoms with E-state index in [1.165, 1.54) is 0 Å². The molecule has 0 spiro atoms. The molecule has 1 aromatic rings. The van der Waals surface area contributed by atoms with Gasteiger partial charge in [-0.25, -0.2) is 9.59 Å². The van der Waals surface area contributed by atoms with Crippen LogP contribution in [-0.4, -0.2) is 11.9 Å². The van der Waals surface area contributed by atoms with Gasteiger partial charge in [-0.1, -0.05) is 30.9 Å². The van der Waals surface area contributed by atoms with Crippen molar-refractivity contribution in [3.63, 3.8) is 0 Å². The topological polar surface area (TPSA) is 43.4 Å². The highest BCUT2D eigenvalue weighted by Crippen LogP contribution is 2.21. The summed E-state index contributed by atoms with van der Waals surface area (Å²) < 4.78 is 4.47. The predicted molar refractivity (Wildman–Crippen MR) is 55.4 cm³/mol. The lowest BCUT2D eigenvalue weighted by Gasteiger charge is -1.94. The maximum absolute atomic E-state index is 11.2. The average Bonchev–Trinajstić information content (AvgIpc) is 2.52. The number of hydrogen-bond donors (Lipinski definition) is 0. The van der Waals surface area contributed by atoms with Crippen LogP contribution >= 0.6 is 0 Å². The molecule has 0 aromatic heterocycles. The number of ether oxygens (including phenoxy) is 1. The van der Waals surface area contributed by atoms with Crippen molar-refractivity contribution in [2.45, 2.75) is 0 Å². The first kappa shape index (κ1) is 9.40. The summed E-state index contributed by atoms with van der Waals surface area (Å²) in [6, 6.07) is 4.96. The van der Waals surface area contributed by atoms with E-state index in [2.05, 4.69) is 11.3 Å². The van der Waals surface area contributed by atoms with Gasteiger partial charge in [-0.3, -0.25) is 0 Å². The lowest BCUT2D eigenvalue weighted by Crippen LogP contribution is -1.96. The Morgan fingerprint density at radius 3 is 2.60 bits per heavy atom. The van der Waals surface area contributed by atoms with E-state index in [4.69, 9.17) is 0 Å². The van der Waals surface area contributed by atoms with E-state index in [0.29, 0.717) is 11.1 Å². The predicted octanol–water partition coefficient (Wildman–Crippen LogP) is 2.20. The molecular weight excluding hydrogens is 192 g/mol. The normalized spacial score (nSPS) is 14.1. The van der Waals surface area contributed by atoms with E-state index in [-0.39, 0.29) is 0 Å². The van der Waals surface area contributed by atoms with Crippen molar-refractivity contribution in [1.29, 1.82) is 0 Å². The molecule has 1 aliphatic rings. The molecule has 0 amide bonds. The Morgan fingerprint density at radius 2 is 1.87 bits per heavy atom. The summed E-state index contributed by atoms with van der Waals surface area (Å²) in [6.45, 7) is 3.54. The van der Waals surface area contributed by atoms with Gasteiger partial charge in [-0.15, -0.1) is 0 Å². The summed E-state index contributed by atoms with van der Waals surface area (Å²) in [5.41, 5.74) is 1.49. The molecule has 1 heterocycles. The summed E-state index contributed by atoms with van der Waals surface area (Å²) in [4.78, 5) is 22.3. The molecule has 0 atom stereocenters. The van der Waals surface area contributed by atoms with Crippen LogP contribution in [0.4, 0.5) is 0 Å². The molecule has 3 heteroatoms. The Kier molecular flexibility index (Phi) is 2.21. The molecule has 0 bridgehead atoms. The third-order valence-corrected chi connectivity index (χ3v) is 2.09. The molecule has 1 aromatic carbocycles. The second-order valence-electron chi connectivity index (χ2n) is 3.08. The van der Waals surface area contributed by atoms with Crippen molar-refractivity contribution in [2.24, 2.45) is 0 Å². The first-order chi connectivity index (χ1) is 7.22. The van der Waals surface area contributed by atoms with Crippen LogP contribution in [0.3, 0.4) is 0 Å². The van der Waals surface area contributed by atoms with Gasteiger partial charge in [0.2, 0.25) is 0 Å². The van der Waals surface area contributed by atoms with Crippen LogP contribution in [-0.2, 0) is 4.74 Å². The molecular formula is C12H8O3. The summed E-state index contributed by atoms with van der Waals surface area (Å²) in [5, 5.41) is 0. The minimum atomic E-state index is -0.580. The van der Waals surface area contributed by atoms with Crippen molar-refractivity contribution in [2.75, 3.05) is 0 Å². The highest BCUT2D eigenvalue weighted by atomic mass is 16.6. The van der Waals surface area contributed by atoms with Gasteiger partial charge in [0, 0.05) is 0 Å². The number of hydrogen-bond acceptors (Lipinski definition) is 3. The van der Waals surface area contributed by atoms with Crippen LogP contribution in [0.25, 0.3) is 6.08 Å². The van der Waals surface area contributed by atoms with Crippen LogP contribution in [0.5, 0.6) is 0 Å². The lowest BCUT2D eigenvalue weighted by molar-refractivity contribution is 0.0444. The molecule has 0 N–H and O–H groups in total. The fraction of sp³-hybridized carbons (Fsp3) is 0. The number of rotatable bonds is 2. The maximum Gasteiger partial charge on any atom is 0.346 e. The Morgan fingerprint density at radius 1 is 1.13 bits per heavy atom. The smallest absolute Gasteiger partial charge is 0.346 e. The average molecular weight is 200 g/mol. The number of carbonyl (C=O) groups is 2. The monoisotopic (exact) mass is 200 g/mol. The lowest BCUT2D eigenvalue weighted by atomic mass is 10.1. The van der Waals surface area contributed by atoms with Crippen molar-refractivity contribution in [3.8, 4) is 0 Å². The summed E-state index contributed by atoms with van der Waals surface area (Å²) in [5.74, 6) is -1.15. The Labute approximate surface area is 86.7 Å². The molecule has 0 unspecified atom stereocenters. The van der Waals surface area contributed by atoms with Gasteiger partial charge >= 0.3 is 11.9 Å². The number of benzene rings is 1. The third kappa shape index (κ3) is 1.59. The van der Waals surface area contributed by atoms with Crippen LogP contribution in [0.15, 0.2) is 36.9 Å². The molecule has 0 fully saturated rings. The summed E-state index contributed by atoms with van der Waals surface area (Å²) in [6.07, 6.45) is 5.18. The zero-order valence-corrected chi connectivity index (χ0v) is 7.90. The van der Waals surface area contributed by atoms with Gasteiger partial charge in [-0.05, 0) is 17.7 Å². The van der Waals surface area contributed by atoms with Crippen LogP contribution in [0.2, 0.25) is 0 Å². The number of allylic oxidation sites excluding steroid dienone is 2. The van der Waals surface area contributed by atoms with E-state index in [0.717, 1.165) is 5.56 Å². The highest BCUT2D eigenvalue weighted by molar-refractivity contribution is 6.14. The zero-order valence-electron chi connectivity index (χ0n) is 7.90. The van der Waals surface area contributed by atoms with Crippen LogP contribution in [0, 0.1) is 0 Å². The second kappa shape index (κ2) is 3.53. The van der Waals surface area contributed by atoms with Gasteiger partial charge in [0.1, 0.15) is 0 Å². The fourth-order valence-electron chi connectivity index (χ4n) is 1.39. The van der Waals surface area contributed by atoms with Gasteiger partial charge in [0.25, 0.3) is 0 Å². The van der Waals surface area contributed by atoms with Crippen LogP contribution in [0.1, 0.15) is 26.3 Å². The Bertz CT molecular complexity index is 484. The van der Waals surface area contributed by atoms with Crippen molar-refractivity contribution >= 4 is 18.0 Å². The summed E-state index contributed by atoms with van der Waals surface area (Å²) in [7, 11) is 0.